The van der Waals surface area contributed by atoms with Gasteiger partial charge in [-0.2, -0.15) is 0 Å². The summed E-state index contributed by atoms with van der Waals surface area (Å²) in [5.74, 6) is 3.16. The predicted molar refractivity (Wildman–Crippen MR) is 135 cm³/mol. The number of ether oxygens (including phenoxy) is 3. The first-order valence-electron chi connectivity index (χ1n) is 12.8. The second kappa shape index (κ2) is 11.5. The molecule has 3 aliphatic rings. The highest BCUT2D eigenvalue weighted by Gasteiger charge is 2.37. The van der Waals surface area contributed by atoms with Crippen molar-refractivity contribution in [2.45, 2.75) is 56.3 Å². The number of hydrogen-bond donors (Lipinski definition) is 3. The van der Waals surface area contributed by atoms with Crippen molar-refractivity contribution in [1.82, 2.24) is 15.3 Å². The van der Waals surface area contributed by atoms with E-state index in [2.05, 4.69) is 21.6 Å². The van der Waals surface area contributed by atoms with Crippen LogP contribution in [0, 0.1) is 0 Å². The van der Waals surface area contributed by atoms with Crippen LogP contribution in [-0.2, 0) is 9.47 Å². The van der Waals surface area contributed by atoms with Gasteiger partial charge in [0.15, 0.2) is 5.82 Å². The van der Waals surface area contributed by atoms with Gasteiger partial charge in [-0.25, -0.2) is 9.97 Å². The number of benzene rings is 1. The highest BCUT2D eigenvalue weighted by Crippen LogP contribution is 2.36. The Morgan fingerprint density at radius 1 is 1.06 bits per heavy atom. The summed E-state index contributed by atoms with van der Waals surface area (Å²) in [5.41, 5.74) is 0.890. The molecule has 2 aromatic rings. The number of aromatic nitrogens is 2. The van der Waals surface area contributed by atoms with Crippen molar-refractivity contribution in [3.8, 4) is 17.1 Å². The summed E-state index contributed by atoms with van der Waals surface area (Å²) in [7, 11) is 1.81. The van der Waals surface area contributed by atoms with Crippen LogP contribution in [0.3, 0.4) is 0 Å². The van der Waals surface area contributed by atoms with E-state index in [0.717, 1.165) is 62.9 Å². The zero-order valence-corrected chi connectivity index (χ0v) is 20.5. The van der Waals surface area contributed by atoms with Gasteiger partial charge in [0, 0.05) is 50.1 Å². The Balaban J connectivity index is 1.43. The van der Waals surface area contributed by atoms with E-state index in [-0.39, 0.29) is 6.61 Å². The van der Waals surface area contributed by atoms with Gasteiger partial charge in [0.25, 0.3) is 0 Å². The molecule has 1 aromatic carbocycles. The van der Waals surface area contributed by atoms with E-state index in [1.165, 1.54) is 12.8 Å². The number of aliphatic hydroxyl groups excluding tert-OH is 1. The maximum atomic E-state index is 10.0. The highest BCUT2D eigenvalue weighted by molar-refractivity contribution is 5.64. The van der Waals surface area contributed by atoms with Gasteiger partial charge in [-0.15, -0.1) is 0 Å². The molecule has 35 heavy (non-hydrogen) atoms. The fourth-order valence-corrected chi connectivity index (χ4v) is 4.80. The third kappa shape index (κ3) is 6.41. The van der Waals surface area contributed by atoms with Crippen molar-refractivity contribution in [3.63, 3.8) is 0 Å². The van der Waals surface area contributed by atoms with Crippen LogP contribution < -0.4 is 20.3 Å². The zero-order chi connectivity index (χ0) is 24.0. The fourth-order valence-electron chi connectivity index (χ4n) is 4.80. The van der Waals surface area contributed by atoms with E-state index in [0.29, 0.717) is 36.2 Å². The largest absolute Gasteiger partial charge is 0.491 e. The molecule has 0 bridgehead atoms. The standard InChI is InChI=1S/C26H37N5O4/c1-27-15-22(32)17-35-23-4-2-3-18(13-23)26-29-24(28-19-7-10-33-11-8-19)14-25(30-26)31(20-5-6-20)21-9-12-34-16-21/h2-4,13-14,19-22,27,32H,5-12,15-17H2,1H3,(H,28,29,30). The first kappa shape index (κ1) is 24.2. The summed E-state index contributed by atoms with van der Waals surface area (Å²) >= 11 is 0. The lowest BCUT2D eigenvalue weighted by Gasteiger charge is -2.30. The molecule has 9 heteroatoms. The number of rotatable bonds is 11. The predicted octanol–water partition coefficient (Wildman–Crippen LogP) is 2.45. The van der Waals surface area contributed by atoms with Crippen molar-refractivity contribution < 1.29 is 19.3 Å². The van der Waals surface area contributed by atoms with Crippen molar-refractivity contribution in [1.29, 1.82) is 0 Å². The highest BCUT2D eigenvalue weighted by atomic mass is 16.5. The molecule has 3 heterocycles. The molecule has 2 aliphatic heterocycles. The summed E-state index contributed by atoms with van der Waals surface area (Å²) in [5, 5.41) is 16.6. The molecule has 2 atom stereocenters. The van der Waals surface area contributed by atoms with E-state index in [9.17, 15) is 5.11 Å². The summed E-state index contributed by atoms with van der Waals surface area (Å²) in [6.45, 7) is 3.80. The Hall–Kier alpha value is -2.46. The Bertz CT molecular complexity index is 961. The lowest BCUT2D eigenvalue weighted by atomic mass is 10.1. The van der Waals surface area contributed by atoms with Crippen molar-refractivity contribution in [2.24, 2.45) is 0 Å². The molecule has 5 rings (SSSR count). The molecule has 2 saturated heterocycles. The monoisotopic (exact) mass is 483 g/mol. The van der Waals surface area contributed by atoms with E-state index in [1.54, 1.807) is 0 Å². The van der Waals surface area contributed by atoms with E-state index in [1.807, 2.05) is 31.3 Å². The van der Waals surface area contributed by atoms with Gasteiger partial charge in [-0.1, -0.05) is 12.1 Å². The first-order chi connectivity index (χ1) is 17.2. The Morgan fingerprint density at radius 3 is 2.63 bits per heavy atom. The van der Waals surface area contributed by atoms with Gasteiger partial charge in [0.2, 0.25) is 0 Å². The molecule has 9 nitrogen and oxygen atoms in total. The summed E-state index contributed by atoms with van der Waals surface area (Å²) in [6.07, 6.45) is 4.77. The summed E-state index contributed by atoms with van der Waals surface area (Å²) < 4.78 is 17.1. The molecule has 3 N–H and O–H groups in total. The third-order valence-corrected chi connectivity index (χ3v) is 6.76. The van der Waals surface area contributed by atoms with Crippen molar-refractivity contribution >= 4 is 11.6 Å². The minimum absolute atomic E-state index is 0.221. The Morgan fingerprint density at radius 2 is 1.89 bits per heavy atom. The maximum Gasteiger partial charge on any atom is 0.163 e. The van der Waals surface area contributed by atoms with Gasteiger partial charge in [0.1, 0.15) is 30.1 Å². The lowest BCUT2D eigenvalue weighted by Crippen LogP contribution is -2.38. The third-order valence-electron chi connectivity index (χ3n) is 6.76. The van der Waals surface area contributed by atoms with E-state index in [4.69, 9.17) is 24.2 Å². The van der Waals surface area contributed by atoms with Gasteiger partial charge >= 0.3 is 0 Å². The Kier molecular flexibility index (Phi) is 7.98. The number of likely N-dealkylation sites (N-methyl/N-ethyl adjacent to an activating group) is 1. The molecule has 0 radical (unpaired) electrons. The fraction of sp³-hybridized carbons (Fsp3) is 0.615. The Labute approximate surface area is 207 Å². The van der Waals surface area contributed by atoms with Crippen LogP contribution in [0.2, 0.25) is 0 Å². The number of anilines is 2. The minimum Gasteiger partial charge on any atom is -0.491 e. The second-order valence-corrected chi connectivity index (χ2v) is 9.67. The van der Waals surface area contributed by atoms with Crippen molar-refractivity contribution in [2.75, 3.05) is 56.8 Å². The maximum absolute atomic E-state index is 10.0. The lowest BCUT2D eigenvalue weighted by molar-refractivity contribution is 0.0904. The zero-order valence-electron chi connectivity index (χ0n) is 20.5. The molecule has 1 saturated carbocycles. The normalized spacial score (nSPS) is 21.6. The van der Waals surface area contributed by atoms with Gasteiger partial charge in [0.05, 0.1) is 12.6 Å². The number of aliphatic hydroxyl groups is 1. The van der Waals surface area contributed by atoms with Crippen LogP contribution in [0.5, 0.6) is 5.75 Å². The molecule has 0 spiro atoms. The number of hydrogen-bond acceptors (Lipinski definition) is 9. The average Bonchev–Trinajstić information content (AvgIpc) is 3.56. The van der Waals surface area contributed by atoms with Crippen LogP contribution in [0.4, 0.5) is 11.6 Å². The van der Waals surface area contributed by atoms with Crippen LogP contribution in [0.1, 0.15) is 32.1 Å². The number of nitrogens with one attached hydrogen (secondary N) is 2. The molecule has 1 aliphatic carbocycles. The smallest absolute Gasteiger partial charge is 0.163 e. The van der Waals surface area contributed by atoms with Crippen LogP contribution in [0.15, 0.2) is 30.3 Å². The van der Waals surface area contributed by atoms with Gasteiger partial charge in [-0.05, 0) is 51.3 Å². The molecule has 1 aromatic heterocycles. The number of nitrogens with zero attached hydrogens (tertiary/aromatic N) is 3. The minimum atomic E-state index is -0.570. The van der Waals surface area contributed by atoms with Crippen LogP contribution in [0.25, 0.3) is 11.4 Å². The quantitative estimate of drug-likeness (QED) is 0.445. The molecule has 190 valence electrons. The molecular weight excluding hydrogens is 446 g/mol. The summed E-state index contributed by atoms with van der Waals surface area (Å²) in [4.78, 5) is 12.4. The molecule has 3 fully saturated rings. The van der Waals surface area contributed by atoms with Crippen molar-refractivity contribution in [3.05, 3.63) is 30.3 Å². The SMILES string of the molecule is CNCC(O)COc1cccc(-c2nc(NC3CCOCC3)cc(N(C3CC3)C3CCOC3)n2)c1. The van der Waals surface area contributed by atoms with Gasteiger partial charge < -0.3 is 34.9 Å². The van der Waals surface area contributed by atoms with Gasteiger partial charge in [-0.3, -0.25) is 0 Å². The molecular formula is C26H37N5O4. The topological polar surface area (TPSA) is 101 Å². The second-order valence-electron chi connectivity index (χ2n) is 9.67. The first-order valence-corrected chi connectivity index (χ1v) is 12.8. The average molecular weight is 484 g/mol. The molecule has 0 amide bonds. The van der Waals surface area contributed by atoms with Crippen LogP contribution in [-0.4, -0.2) is 85.9 Å². The summed E-state index contributed by atoms with van der Waals surface area (Å²) in [6, 6.07) is 11.1. The van der Waals surface area contributed by atoms with E-state index >= 15 is 0 Å². The molecule has 2 unspecified atom stereocenters. The van der Waals surface area contributed by atoms with E-state index < -0.39 is 6.10 Å². The van der Waals surface area contributed by atoms with Crippen LogP contribution >= 0.6 is 0 Å².